The van der Waals surface area contributed by atoms with Crippen molar-refractivity contribution in [1.82, 2.24) is 0 Å². The second kappa shape index (κ2) is 7.68. The van der Waals surface area contributed by atoms with Crippen LogP contribution in [0.2, 0.25) is 0 Å². The molecule has 1 amide bonds. The van der Waals surface area contributed by atoms with E-state index in [9.17, 15) is 4.79 Å². The molecule has 0 saturated heterocycles. The van der Waals surface area contributed by atoms with Crippen molar-refractivity contribution in [2.24, 2.45) is 5.92 Å². The van der Waals surface area contributed by atoms with Crippen molar-refractivity contribution in [1.29, 1.82) is 0 Å². The SMILES string of the molecule is O=C(Nc1ccc(Nc2ccc3c(c2)OCCO3)cc1)C1CCCCC1. The first-order valence-corrected chi connectivity index (χ1v) is 9.35. The highest BCUT2D eigenvalue weighted by molar-refractivity contribution is 5.92. The second-order valence-electron chi connectivity index (χ2n) is 6.88. The molecule has 5 heteroatoms. The van der Waals surface area contributed by atoms with Gasteiger partial charge in [0.1, 0.15) is 13.2 Å². The molecule has 0 unspecified atom stereocenters. The van der Waals surface area contributed by atoms with E-state index in [0.717, 1.165) is 54.2 Å². The summed E-state index contributed by atoms with van der Waals surface area (Å²) in [6, 6.07) is 13.6. The number of benzene rings is 2. The number of hydrogen-bond donors (Lipinski definition) is 2. The third-order valence-corrected chi connectivity index (χ3v) is 4.96. The molecular weight excluding hydrogens is 328 g/mol. The van der Waals surface area contributed by atoms with Crippen LogP contribution in [-0.4, -0.2) is 19.1 Å². The van der Waals surface area contributed by atoms with Gasteiger partial charge in [0.25, 0.3) is 0 Å². The van der Waals surface area contributed by atoms with E-state index < -0.39 is 0 Å². The maximum atomic E-state index is 12.3. The largest absolute Gasteiger partial charge is 0.486 e. The molecule has 0 bridgehead atoms. The fourth-order valence-corrected chi connectivity index (χ4v) is 3.53. The average molecular weight is 352 g/mol. The lowest BCUT2D eigenvalue weighted by Gasteiger charge is -2.21. The van der Waals surface area contributed by atoms with Gasteiger partial charge >= 0.3 is 0 Å². The minimum absolute atomic E-state index is 0.150. The van der Waals surface area contributed by atoms with E-state index in [1.807, 2.05) is 42.5 Å². The van der Waals surface area contributed by atoms with Gasteiger partial charge in [0, 0.05) is 29.0 Å². The molecule has 136 valence electrons. The molecule has 2 N–H and O–H groups in total. The van der Waals surface area contributed by atoms with Crippen LogP contribution in [0.1, 0.15) is 32.1 Å². The number of carbonyl (C=O) groups is 1. The van der Waals surface area contributed by atoms with E-state index in [4.69, 9.17) is 9.47 Å². The maximum Gasteiger partial charge on any atom is 0.227 e. The molecule has 1 aliphatic carbocycles. The summed E-state index contributed by atoms with van der Waals surface area (Å²) in [4.78, 5) is 12.3. The quantitative estimate of drug-likeness (QED) is 0.836. The van der Waals surface area contributed by atoms with Crippen molar-refractivity contribution in [3.8, 4) is 11.5 Å². The van der Waals surface area contributed by atoms with Crippen molar-refractivity contribution >= 4 is 23.0 Å². The van der Waals surface area contributed by atoms with Crippen LogP contribution in [0.5, 0.6) is 11.5 Å². The average Bonchev–Trinajstić information content (AvgIpc) is 2.70. The van der Waals surface area contributed by atoms with Crippen molar-refractivity contribution in [2.45, 2.75) is 32.1 Å². The standard InChI is InChI=1S/C21H24N2O3/c24-21(15-4-2-1-3-5-15)23-17-8-6-16(7-9-17)22-18-10-11-19-20(14-18)26-13-12-25-19/h6-11,14-15,22H,1-5,12-13H2,(H,23,24). The molecule has 0 atom stereocenters. The molecule has 2 aromatic rings. The highest BCUT2D eigenvalue weighted by Gasteiger charge is 2.21. The Morgan fingerprint density at radius 3 is 2.23 bits per heavy atom. The predicted molar refractivity (Wildman–Crippen MR) is 102 cm³/mol. The predicted octanol–water partition coefficient (Wildman–Crippen LogP) is 4.72. The van der Waals surface area contributed by atoms with Crippen LogP contribution in [0, 0.1) is 5.92 Å². The van der Waals surface area contributed by atoms with Gasteiger partial charge in [0.2, 0.25) is 5.91 Å². The first-order chi connectivity index (χ1) is 12.8. The van der Waals surface area contributed by atoms with Gasteiger partial charge < -0.3 is 20.1 Å². The molecule has 2 aromatic carbocycles. The lowest BCUT2D eigenvalue weighted by atomic mass is 9.88. The lowest BCUT2D eigenvalue weighted by Crippen LogP contribution is -2.24. The number of rotatable bonds is 4. The van der Waals surface area contributed by atoms with E-state index in [1.54, 1.807) is 0 Å². The smallest absolute Gasteiger partial charge is 0.227 e. The van der Waals surface area contributed by atoms with Crippen molar-refractivity contribution in [3.05, 3.63) is 42.5 Å². The molecule has 4 rings (SSSR count). The minimum Gasteiger partial charge on any atom is -0.486 e. The Morgan fingerprint density at radius 1 is 0.808 bits per heavy atom. The summed E-state index contributed by atoms with van der Waals surface area (Å²) in [5.74, 6) is 1.86. The fourth-order valence-electron chi connectivity index (χ4n) is 3.53. The van der Waals surface area contributed by atoms with Crippen LogP contribution in [0.15, 0.2) is 42.5 Å². The number of fused-ring (bicyclic) bond motifs is 1. The van der Waals surface area contributed by atoms with Crippen LogP contribution in [0.25, 0.3) is 0 Å². The van der Waals surface area contributed by atoms with E-state index in [-0.39, 0.29) is 11.8 Å². The first-order valence-electron chi connectivity index (χ1n) is 9.35. The fraction of sp³-hybridized carbons (Fsp3) is 0.381. The van der Waals surface area contributed by atoms with E-state index in [2.05, 4.69) is 10.6 Å². The Bertz CT molecular complexity index is 767. The molecule has 1 heterocycles. The summed E-state index contributed by atoms with van der Waals surface area (Å²) in [7, 11) is 0. The zero-order valence-electron chi connectivity index (χ0n) is 14.8. The minimum atomic E-state index is 0.150. The van der Waals surface area contributed by atoms with Crippen LogP contribution < -0.4 is 20.1 Å². The van der Waals surface area contributed by atoms with E-state index in [1.165, 1.54) is 6.42 Å². The van der Waals surface area contributed by atoms with Gasteiger partial charge in [-0.1, -0.05) is 19.3 Å². The van der Waals surface area contributed by atoms with Gasteiger partial charge in [-0.25, -0.2) is 0 Å². The lowest BCUT2D eigenvalue weighted by molar-refractivity contribution is -0.120. The maximum absolute atomic E-state index is 12.3. The topological polar surface area (TPSA) is 59.6 Å². The number of carbonyl (C=O) groups excluding carboxylic acids is 1. The van der Waals surface area contributed by atoms with Crippen LogP contribution in [0.4, 0.5) is 17.1 Å². The summed E-state index contributed by atoms with van der Waals surface area (Å²) in [6.07, 6.45) is 5.60. The summed E-state index contributed by atoms with van der Waals surface area (Å²) < 4.78 is 11.1. The van der Waals surface area contributed by atoms with Gasteiger partial charge in [-0.15, -0.1) is 0 Å². The van der Waals surface area contributed by atoms with Gasteiger partial charge in [0.05, 0.1) is 0 Å². The number of ether oxygens (including phenoxy) is 2. The molecule has 1 aliphatic heterocycles. The molecular formula is C21H24N2O3. The Balaban J connectivity index is 1.37. The van der Waals surface area contributed by atoms with Crippen molar-refractivity contribution in [2.75, 3.05) is 23.8 Å². The molecule has 1 saturated carbocycles. The highest BCUT2D eigenvalue weighted by Crippen LogP contribution is 2.33. The zero-order chi connectivity index (χ0) is 17.8. The Labute approximate surface area is 153 Å². The Kier molecular flexibility index (Phi) is 4.95. The molecule has 0 aromatic heterocycles. The summed E-state index contributed by atoms with van der Waals surface area (Å²) in [6.45, 7) is 1.17. The normalized spacial score (nSPS) is 16.8. The zero-order valence-corrected chi connectivity index (χ0v) is 14.8. The third kappa shape index (κ3) is 3.93. The first kappa shape index (κ1) is 16.8. The van der Waals surface area contributed by atoms with Gasteiger partial charge in [-0.05, 0) is 49.2 Å². The molecule has 0 radical (unpaired) electrons. The molecule has 1 fully saturated rings. The Morgan fingerprint density at radius 2 is 1.46 bits per heavy atom. The summed E-state index contributed by atoms with van der Waals surface area (Å²) >= 11 is 0. The van der Waals surface area contributed by atoms with Gasteiger partial charge in [0.15, 0.2) is 11.5 Å². The summed E-state index contributed by atoms with van der Waals surface area (Å²) in [5, 5.41) is 6.39. The molecule has 2 aliphatic rings. The van der Waals surface area contributed by atoms with Crippen LogP contribution >= 0.6 is 0 Å². The molecule has 26 heavy (non-hydrogen) atoms. The number of anilines is 3. The Hall–Kier alpha value is -2.69. The monoisotopic (exact) mass is 352 g/mol. The number of amides is 1. The van der Waals surface area contributed by atoms with Crippen molar-refractivity contribution < 1.29 is 14.3 Å². The van der Waals surface area contributed by atoms with Gasteiger partial charge in [-0.3, -0.25) is 4.79 Å². The summed E-state index contributed by atoms with van der Waals surface area (Å²) in [5.41, 5.74) is 2.74. The highest BCUT2D eigenvalue weighted by atomic mass is 16.6. The third-order valence-electron chi connectivity index (χ3n) is 4.96. The van der Waals surface area contributed by atoms with E-state index in [0.29, 0.717) is 13.2 Å². The number of nitrogens with one attached hydrogen (secondary N) is 2. The van der Waals surface area contributed by atoms with Gasteiger partial charge in [-0.2, -0.15) is 0 Å². The number of hydrogen-bond acceptors (Lipinski definition) is 4. The van der Waals surface area contributed by atoms with Crippen LogP contribution in [0.3, 0.4) is 0 Å². The molecule has 5 nitrogen and oxygen atoms in total. The van der Waals surface area contributed by atoms with Crippen LogP contribution in [-0.2, 0) is 4.79 Å². The second-order valence-corrected chi connectivity index (χ2v) is 6.88. The van der Waals surface area contributed by atoms with Crippen molar-refractivity contribution in [3.63, 3.8) is 0 Å². The molecule has 0 spiro atoms. The van der Waals surface area contributed by atoms with E-state index >= 15 is 0 Å².